The van der Waals surface area contributed by atoms with E-state index < -0.39 is 21.2 Å². The van der Waals surface area contributed by atoms with E-state index in [1.807, 2.05) is 0 Å². The molecule has 0 aromatic heterocycles. The molecule has 0 aromatic carbocycles. The van der Waals surface area contributed by atoms with E-state index in [0.29, 0.717) is 0 Å². The fourth-order valence-corrected chi connectivity index (χ4v) is 1.26. The molecule has 0 radical (unpaired) electrons. The van der Waals surface area contributed by atoms with Gasteiger partial charge >= 0.3 is 52.2 Å². The van der Waals surface area contributed by atoms with Crippen LogP contribution >= 0.6 is 0 Å². The second-order valence-electron chi connectivity index (χ2n) is 1.04. The molecule has 3 heteroatoms. The van der Waals surface area contributed by atoms with Gasteiger partial charge in [-0.3, -0.25) is 0 Å². The molecule has 0 amide bonds. The SMILES string of the molecule is CC(=O)[I-]C(C)=O. The van der Waals surface area contributed by atoms with E-state index in [9.17, 15) is 9.59 Å². The summed E-state index contributed by atoms with van der Waals surface area (Å²) in [5.41, 5.74) is 0. The van der Waals surface area contributed by atoms with Gasteiger partial charge in [0.25, 0.3) is 0 Å². The summed E-state index contributed by atoms with van der Waals surface area (Å²) in [7, 11) is 0. The van der Waals surface area contributed by atoms with Gasteiger partial charge in [-0.25, -0.2) is 0 Å². The topological polar surface area (TPSA) is 34.1 Å². The molecule has 0 spiro atoms. The van der Waals surface area contributed by atoms with Gasteiger partial charge in [-0.1, -0.05) is 0 Å². The van der Waals surface area contributed by atoms with Crippen LogP contribution in [-0.4, -0.2) is 7.58 Å². The third-order valence-corrected chi connectivity index (χ3v) is 1.79. The van der Waals surface area contributed by atoms with Crippen LogP contribution in [0.25, 0.3) is 0 Å². The van der Waals surface area contributed by atoms with Crippen LogP contribution in [0.15, 0.2) is 0 Å². The normalized spacial score (nSPS) is 8.86. The van der Waals surface area contributed by atoms with Crippen molar-refractivity contribution in [3.05, 3.63) is 0 Å². The van der Waals surface area contributed by atoms with E-state index in [1.165, 1.54) is 13.8 Å². The number of carbonyl (C=O) groups excluding carboxylic acids is 2. The molecule has 0 fully saturated rings. The van der Waals surface area contributed by atoms with Gasteiger partial charge in [-0.05, 0) is 0 Å². The minimum atomic E-state index is -0.772. The van der Waals surface area contributed by atoms with E-state index in [1.54, 1.807) is 0 Å². The summed E-state index contributed by atoms with van der Waals surface area (Å²) in [5, 5.41) is 0. The second-order valence-corrected chi connectivity index (χ2v) is 4.61. The van der Waals surface area contributed by atoms with Crippen LogP contribution in [0.5, 0.6) is 0 Å². The van der Waals surface area contributed by atoms with Crippen molar-refractivity contribution in [3.63, 3.8) is 0 Å². The van der Waals surface area contributed by atoms with Crippen molar-refractivity contribution in [2.75, 3.05) is 0 Å². The zero-order chi connectivity index (χ0) is 5.86. The monoisotopic (exact) mass is 213 g/mol. The van der Waals surface area contributed by atoms with Gasteiger partial charge in [-0.2, -0.15) is 0 Å². The van der Waals surface area contributed by atoms with Crippen LogP contribution < -0.4 is 21.2 Å². The first-order chi connectivity index (χ1) is 3.13. The Bertz CT molecular complexity index is 85.9. The van der Waals surface area contributed by atoms with Gasteiger partial charge in [0.2, 0.25) is 0 Å². The molecular formula is C4H6IO2-. The zero-order valence-corrected chi connectivity index (χ0v) is 6.35. The molecule has 2 nitrogen and oxygen atoms in total. The predicted molar refractivity (Wildman–Crippen MR) is 21.4 cm³/mol. The first kappa shape index (κ1) is 7.07. The molecule has 7 heavy (non-hydrogen) atoms. The van der Waals surface area contributed by atoms with Crippen LogP contribution in [0.1, 0.15) is 13.8 Å². The van der Waals surface area contributed by atoms with Gasteiger partial charge in [0.1, 0.15) is 0 Å². The molecule has 0 aromatic rings. The van der Waals surface area contributed by atoms with Crippen molar-refractivity contribution >= 4 is 7.58 Å². The number of carbonyl (C=O) groups is 2. The quantitative estimate of drug-likeness (QED) is 0.366. The first-order valence-corrected chi connectivity index (χ1v) is 3.94. The van der Waals surface area contributed by atoms with Crippen molar-refractivity contribution in [2.45, 2.75) is 13.8 Å². The molecular weight excluding hydrogens is 207 g/mol. The van der Waals surface area contributed by atoms with Crippen LogP contribution in [-0.2, 0) is 9.59 Å². The predicted octanol–water partition coefficient (Wildman–Crippen LogP) is -2.83. The summed E-state index contributed by atoms with van der Waals surface area (Å²) in [4.78, 5) is 20.2. The molecule has 0 atom stereocenters. The van der Waals surface area contributed by atoms with Gasteiger partial charge < -0.3 is 0 Å². The summed E-state index contributed by atoms with van der Waals surface area (Å²) < 4.78 is 0.0950. The number of hydrogen-bond acceptors (Lipinski definition) is 2. The Morgan fingerprint density at radius 1 is 1.14 bits per heavy atom. The molecule has 0 heterocycles. The van der Waals surface area contributed by atoms with Crippen LogP contribution in [0.2, 0.25) is 0 Å². The second kappa shape index (κ2) is 3.12. The summed E-state index contributed by atoms with van der Waals surface area (Å²) in [6.07, 6.45) is 0. The molecule has 0 saturated heterocycles. The Morgan fingerprint density at radius 3 is 1.43 bits per heavy atom. The summed E-state index contributed by atoms with van der Waals surface area (Å²) >= 11 is -0.772. The zero-order valence-electron chi connectivity index (χ0n) is 4.19. The number of halogens is 1. The van der Waals surface area contributed by atoms with Crippen LogP contribution in [0, 0.1) is 0 Å². The molecule has 0 rings (SSSR count). The van der Waals surface area contributed by atoms with Crippen molar-refractivity contribution in [3.8, 4) is 0 Å². The molecule has 0 aliphatic heterocycles. The van der Waals surface area contributed by atoms with Gasteiger partial charge in [-0.15, -0.1) is 0 Å². The Morgan fingerprint density at radius 2 is 1.43 bits per heavy atom. The molecule has 0 unspecified atom stereocenters. The molecule has 42 valence electrons. The Kier molecular flexibility index (Phi) is 3.15. The standard InChI is InChI=1S/C4H6IO2/c1-3(6)5-4(2)7/h1-2H3/q-1. The van der Waals surface area contributed by atoms with E-state index >= 15 is 0 Å². The van der Waals surface area contributed by atoms with Crippen molar-refractivity contribution in [1.29, 1.82) is 0 Å². The fourth-order valence-electron chi connectivity index (χ4n) is 0.187. The molecule has 0 aliphatic carbocycles. The van der Waals surface area contributed by atoms with Gasteiger partial charge in [0.05, 0.1) is 0 Å². The third kappa shape index (κ3) is 6.07. The van der Waals surface area contributed by atoms with E-state index in [0.717, 1.165) is 0 Å². The van der Waals surface area contributed by atoms with Crippen molar-refractivity contribution < 1.29 is 30.8 Å². The Hall–Kier alpha value is 0.0700. The third-order valence-electron chi connectivity index (χ3n) is 0.266. The summed E-state index contributed by atoms with van der Waals surface area (Å²) in [6.45, 7) is 2.91. The number of rotatable bonds is 2. The van der Waals surface area contributed by atoms with Crippen LogP contribution in [0.3, 0.4) is 0 Å². The number of hydrogen-bond donors (Lipinski definition) is 0. The molecule has 0 saturated carbocycles. The van der Waals surface area contributed by atoms with Crippen molar-refractivity contribution in [2.24, 2.45) is 0 Å². The summed E-state index contributed by atoms with van der Waals surface area (Å²) in [6, 6.07) is 0. The molecule has 0 aliphatic rings. The maximum absolute atomic E-state index is 10.1. The Balaban J connectivity index is 3.32. The average Bonchev–Trinajstić information content (AvgIpc) is 1.27. The minimum absolute atomic E-state index is 0.0475. The van der Waals surface area contributed by atoms with Gasteiger partial charge in [0.15, 0.2) is 0 Å². The molecule has 0 N–H and O–H groups in total. The van der Waals surface area contributed by atoms with E-state index in [4.69, 9.17) is 0 Å². The fraction of sp³-hybridized carbons (Fsp3) is 0.500. The first-order valence-electron chi connectivity index (χ1n) is 1.79. The summed E-state index contributed by atoms with van der Waals surface area (Å²) in [5.74, 6) is 0. The van der Waals surface area contributed by atoms with Crippen molar-refractivity contribution in [1.82, 2.24) is 0 Å². The Labute approximate surface area is 52.5 Å². The van der Waals surface area contributed by atoms with Gasteiger partial charge in [0, 0.05) is 0 Å². The van der Waals surface area contributed by atoms with E-state index in [-0.39, 0.29) is 7.58 Å². The molecule has 0 bridgehead atoms. The van der Waals surface area contributed by atoms with E-state index in [2.05, 4.69) is 0 Å². The maximum atomic E-state index is 10.1. The van der Waals surface area contributed by atoms with Crippen LogP contribution in [0.4, 0.5) is 0 Å². The average molecular weight is 213 g/mol.